The van der Waals surface area contributed by atoms with Crippen LogP contribution in [0.3, 0.4) is 0 Å². The second kappa shape index (κ2) is 5.89. The molecule has 1 aromatic carbocycles. The third kappa shape index (κ3) is 2.92. The van der Waals surface area contributed by atoms with Crippen LogP contribution >= 0.6 is 0 Å². The van der Waals surface area contributed by atoms with E-state index >= 15 is 0 Å². The molecule has 4 rings (SSSR count). The van der Waals surface area contributed by atoms with Gasteiger partial charge in [0.25, 0.3) is 5.91 Å². The fourth-order valence-corrected chi connectivity index (χ4v) is 4.14. The van der Waals surface area contributed by atoms with E-state index in [9.17, 15) is 18.0 Å². The summed E-state index contributed by atoms with van der Waals surface area (Å²) >= 11 is 0. The maximum atomic E-state index is 12.8. The molecule has 0 aliphatic carbocycles. The van der Waals surface area contributed by atoms with E-state index in [0.717, 1.165) is 37.8 Å². The number of alkyl halides is 3. The van der Waals surface area contributed by atoms with Gasteiger partial charge in [-0.3, -0.25) is 9.48 Å². The molecule has 0 radical (unpaired) electrons. The van der Waals surface area contributed by atoms with Crippen molar-refractivity contribution in [1.82, 2.24) is 14.7 Å². The number of carbonyl (C=O) groups is 1. The molecule has 2 aliphatic rings. The fourth-order valence-electron chi connectivity index (χ4n) is 4.14. The molecule has 25 heavy (non-hydrogen) atoms. The number of piperidine rings is 1. The number of amides is 1. The summed E-state index contributed by atoms with van der Waals surface area (Å²) in [5.74, 6) is -0.167. The molecule has 7 heteroatoms. The molecule has 1 amide bonds. The number of hydrogen-bond acceptors (Lipinski definition) is 2. The third-order valence-corrected chi connectivity index (χ3v) is 5.30. The minimum Gasteiger partial charge on any atom is -0.333 e. The molecule has 2 unspecified atom stereocenters. The van der Waals surface area contributed by atoms with E-state index in [4.69, 9.17) is 0 Å². The number of benzene rings is 1. The van der Waals surface area contributed by atoms with E-state index in [2.05, 4.69) is 5.10 Å². The fraction of sp³-hybridized carbons (Fsp3) is 0.444. The van der Waals surface area contributed by atoms with Crippen LogP contribution < -0.4 is 0 Å². The molecule has 3 heterocycles. The first kappa shape index (κ1) is 16.2. The highest BCUT2D eigenvalue weighted by Crippen LogP contribution is 2.41. The van der Waals surface area contributed by atoms with Crippen LogP contribution in [0.1, 0.15) is 47.6 Å². The van der Waals surface area contributed by atoms with Crippen molar-refractivity contribution in [1.29, 1.82) is 0 Å². The Labute approximate surface area is 143 Å². The maximum Gasteiger partial charge on any atom is 0.416 e. The van der Waals surface area contributed by atoms with Gasteiger partial charge in [-0.15, -0.1) is 0 Å². The molecule has 2 saturated heterocycles. The van der Waals surface area contributed by atoms with Gasteiger partial charge in [0.05, 0.1) is 11.6 Å². The number of fused-ring (bicyclic) bond motifs is 2. The largest absolute Gasteiger partial charge is 0.416 e. The standard InChI is InChI=1S/C18H18F3N3O/c19-18(20,21)13-4-2-12(3-5-13)17(25)24-14-6-7-15(24)11-16(10-14)23-9-1-8-22-23/h1-5,8-9,14-16H,6-7,10-11H2. The Balaban J connectivity index is 1.52. The Kier molecular flexibility index (Phi) is 3.81. The molecule has 0 saturated carbocycles. The van der Waals surface area contributed by atoms with Crippen molar-refractivity contribution in [2.24, 2.45) is 0 Å². The van der Waals surface area contributed by atoms with Crippen molar-refractivity contribution in [3.63, 3.8) is 0 Å². The summed E-state index contributed by atoms with van der Waals surface area (Å²) in [6.45, 7) is 0. The monoisotopic (exact) mass is 349 g/mol. The van der Waals surface area contributed by atoms with Gasteiger partial charge in [0.2, 0.25) is 0 Å². The van der Waals surface area contributed by atoms with Gasteiger partial charge in [-0.05, 0) is 56.0 Å². The van der Waals surface area contributed by atoms with Gasteiger partial charge in [0, 0.05) is 30.0 Å². The molecule has 2 bridgehead atoms. The van der Waals surface area contributed by atoms with E-state index in [1.807, 2.05) is 21.8 Å². The van der Waals surface area contributed by atoms with Gasteiger partial charge in [0.1, 0.15) is 0 Å². The lowest BCUT2D eigenvalue weighted by Gasteiger charge is -2.39. The number of hydrogen-bond donors (Lipinski definition) is 0. The van der Waals surface area contributed by atoms with Crippen molar-refractivity contribution >= 4 is 5.91 Å². The van der Waals surface area contributed by atoms with E-state index in [1.165, 1.54) is 12.1 Å². The van der Waals surface area contributed by atoms with Gasteiger partial charge in [-0.25, -0.2) is 0 Å². The summed E-state index contributed by atoms with van der Waals surface area (Å²) in [7, 11) is 0. The van der Waals surface area contributed by atoms with Crippen LogP contribution in [0.15, 0.2) is 42.7 Å². The van der Waals surface area contributed by atoms with Gasteiger partial charge in [0.15, 0.2) is 0 Å². The Morgan fingerprint density at radius 1 is 1.04 bits per heavy atom. The molecule has 2 fully saturated rings. The smallest absolute Gasteiger partial charge is 0.333 e. The van der Waals surface area contributed by atoms with E-state index in [1.54, 1.807) is 6.20 Å². The zero-order valence-corrected chi connectivity index (χ0v) is 13.5. The van der Waals surface area contributed by atoms with Crippen LogP contribution in [0.4, 0.5) is 13.2 Å². The summed E-state index contributed by atoms with van der Waals surface area (Å²) in [6, 6.07) is 6.95. The number of carbonyl (C=O) groups excluding carboxylic acids is 1. The van der Waals surface area contributed by atoms with Gasteiger partial charge in [-0.1, -0.05) is 0 Å². The van der Waals surface area contributed by atoms with Crippen molar-refractivity contribution < 1.29 is 18.0 Å². The van der Waals surface area contributed by atoms with Crippen molar-refractivity contribution in [3.05, 3.63) is 53.9 Å². The molecule has 132 valence electrons. The van der Waals surface area contributed by atoms with Gasteiger partial charge >= 0.3 is 6.18 Å². The Bertz CT molecular complexity index is 741. The van der Waals surface area contributed by atoms with Gasteiger partial charge < -0.3 is 4.90 Å². The summed E-state index contributed by atoms with van der Waals surface area (Å²) in [6.07, 6.45) is 2.86. The predicted molar refractivity (Wildman–Crippen MR) is 84.9 cm³/mol. The lowest BCUT2D eigenvalue weighted by Crippen LogP contribution is -2.47. The lowest BCUT2D eigenvalue weighted by atomic mass is 9.96. The zero-order valence-electron chi connectivity index (χ0n) is 13.5. The molecule has 2 aliphatic heterocycles. The molecule has 4 nitrogen and oxygen atoms in total. The average Bonchev–Trinajstić information content (AvgIpc) is 3.20. The Morgan fingerprint density at radius 3 is 2.20 bits per heavy atom. The molecule has 2 aromatic rings. The maximum absolute atomic E-state index is 12.8. The third-order valence-electron chi connectivity index (χ3n) is 5.30. The number of nitrogens with zero attached hydrogens (tertiary/aromatic N) is 3. The molecule has 2 atom stereocenters. The van der Waals surface area contributed by atoms with Crippen LogP contribution in [0, 0.1) is 0 Å². The Morgan fingerprint density at radius 2 is 1.68 bits per heavy atom. The van der Waals surface area contributed by atoms with Crippen LogP contribution in [-0.4, -0.2) is 32.7 Å². The van der Waals surface area contributed by atoms with E-state index in [-0.39, 0.29) is 24.0 Å². The first-order valence-corrected chi connectivity index (χ1v) is 8.42. The average molecular weight is 349 g/mol. The van der Waals surface area contributed by atoms with Crippen LogP contribution in [0.5, 0.6) is 0 Å². The van der Waals surface area contributed by atoms with Crippen LogP contribution in [0.25, 0.3) is 0 Å². The Hall–Kier alpha value is -2.31. The van der Waals surface area contributed by atoms with Crippen molar-refractivity contribution in [3.8, 4) is 0 Å². The summed E-state index contributed by atoms with van der Waals surface area (Å²) in [4.78, 5) is 14.7. The summed E-state index contributed by atoms with van der Waals surface area (Å²) in [5, 5.41) is 4.30. The number of rotatable bonds is 2. The first-order chi connectivity index (χ1) is 11.9. The van der Waals surface area contributed by atoms with E-state index < -0.39 is 11.7 Å². The summed E-state index contributed by atoms with van der Waals surface area (Å²) < 4.78 is 40.0. The van der Waals surface area contributed by atoms with Crippen molar-refractivity contribution in [2.75, 3.05) is 0 Å². The highest BCUT2D eigenvalue weighted by molar-refractivity contribution is 5.95. The molecule has 0 N–H and O–H groups in total. The SMILES string of the molecule is O=C(c1ccc(C(F)(F)F)cc1)N1C2CCC1CC(n1cccn1)C2. The second-order valence-electron chi connectivity index (χ2n) is 6.78. The van der Waals surface area contributed by atoms with Crippen LogP contribution in [-0.2, 0) is 6.18 Å². The number of aromatic nitrogens is 2. The quantitative estimate of drug-likeness (QED) is 0.824. The topological polar surface area (TPSA) is 38.1 Å². The predicted octanol–water partition coefficient (Wildman–Crippen LogP) is 3.91. The minimum atomic E-state index is -4.39. The number of halogens is 3. The molecular formula is C18H18F3N3O. The second-order valence-corrected chi connectivity index (χ2v) is 6.78. The highest BCUT2D eigenvalue weighted by Gasteiger charge is 2.44. The minimum absolute atomic E-state index is 0.128. The zero-order chi connectivity index (χ0) is 17.6. The van der Waals surface area contributed by atoms with Gasteiger partial charge in [-0.2, -0.15) is 18.3 Å². The normalized spacial score (nSPS) is 26.0. The van der Waals surface area contributed by atoms with E-state index in [0.29, 0.717) is 5.56 Å². The van der Waals surface area contributed by atoms with Crippen LogP contribution in [0.2, 0.25) is 0 Å². The lowest BCUT2D eigenvalue weighted by molar-refractivity contribution is -0.137. The summed E-state index contributed by atoms with van der Waals surface area (Å²) in [5.41, 5.74) is -0.410. The van der Waals surface area contributed by atoms with Crippen molar-refractivity contribution in [2.45, 2.75) is 50.0 Å². The molecule has 0 spiro atoms. The molecular weight excluding hydrogens is 331 g/mol. The highest BCUT2D eigenvalue weighted by atomic mass is 19.4. The molecule has 1 aromatic heterocycles. The first-order valence-electron chi connectivity index (χ1n) is 8.42.